The zero-order valence-electron chi connectivity index (χ0n) is 14.6. The van der Waals surface area contributed by atoms with Crippen LogP contribution in [0.1, 0.15) is 12.5 Å². The molecule has 1 amide bonds. The lowest BCUT2D eigenvalue weighted by molar-refractivity contribution is -0.122. The highest BCUT2D eigenvalue weighted by molar-refractivity contribution is 5.94. The smallest absolute Gasteiger partial charge is 0.265 e. The van der Waals surface area contributed by atoms with Gasteiger partial charge in [-0.25, -0.2) is 0 Å². The second-order valence-electron chi connectivity index (χ2n) is 5.82. The molecule has 2 rings (SSSR count). The van der Waals surface area contributed by atoms with Crippen molar-refractivity contribution in [1.82, 2.24) is 4.90 Å². The van der Waals surface area contributed by atoms with Crippen LogP contribution in [0.4, 0.5) is 5.69 Å². The van der Waals surface area contributed by atoms with Gasteiger partial charge in [0.2, 0.25) is 0 Å². The van der Waals surface area contributed by atoms with Gasteiger partial charge in [0.15, 0.2) is 6.10 Å². The van der Waals surface area contributed by atoms with Crippen molar-refractivity contribution in [3.05, 3.63) is 54.1 Å². The summed E-state index contributed by atoms with van der Waals surface area (Å²) >= 11 is 0. The number of anilines is 1. The van der Waals surface area contributed by atoms with Gasteiger partial charge in [0.05, 0.1) is 7.11 Å². The first-order valence-corrected chi connectivity index (χ1v) is 7.84. The van der Waals surface area contributed by atoms with E-state index in [2.05, 4.69) is 10.2 Å². The predicted octanol–water partition coefficient (Wildman–Crippen LogP) is 3.16. The first kappa shape index (κ1) is 17.8. The number of methoxy groups -OCH3 is 1. The van der Waals surface area contributed by atoms with Crippen molar-refractivity contribution in [2.75, 3.05) is 26.5 Å². The molecule has 1 N–H and O–H groups in total. The molecule has 24 heavy (non-hydrogen) atoms. The average molecular weight is 328 g/mol. The van der Waals surface area contributed by atoms with Crippen molar-refractivity contribution in [3.8, 4) is 11.5 Å². The number of ether oxygens (including phenoxy) is 2. The number of hydrogen-bond donors (Lipinski definition) is 1. The van der Waals surface area contributed by atoms with Gasteiger partial charge in [0.25, 0.3) is 5.91 Å². The summed E-state index contributed by atoms with van der Waals surface area (Å²) in [5.74, 6) is 1.19. The molecule has 2 aromatic carbocycles. The number of nitrogens with zero attached hydrogens (tertiary/aromatic N) is 1. The Morgan fingerprint density at radius 1 is 1.08 bits per heavy atom. The second kappa shape index (κ2) is 8.36. The van der Waals surface area contributed by atoms with Crippen LogP contribution in [-0.4, -0.2) is 38.1 Å². The Morgan fingerprint density at radius 2 is 1.71 bits per heavy atom. The lowest BCUT2D eigenvalue weighted by Crippen LogP contribution is -2.30. The summed E-state index contributed by atoms with van der Waals surface area (Å²) in [6.45, 7) is 2.48. The molecule has 0 saturated carbocycles. The number of carbonyl (C=O) groups excluding carboxylic acids is 1. The van der Waals surface area contributed by atoms with E-state index < -0.39 is 6.10 Å². The third-order valence-corrected chi connectivity index (χ3v) is 3.50. The first-order valence-electron chi connectivity index (χ1n) is 7.84. The van der Waals surface area contributed by atoms with Crippen LogP contribution >= 0.6 is 0 Å². The Bertz CT molecular complexity index is 669. The summed E-state index contributed by atoms with van der Waals surface area (Å²) in [7, 11) is 5.60. The van der Waals surface area contributed by atoms with E-state index in [1.165, 1.54) is 0 Å². The SMILES string of the molecule is COc1ccc(OC(C)C(=O)Nc2ccccc2CN(C)C)cc1. The largest absolute Gasteiger partial charge is 0.497 e. The molecule has 128 valence electrons. The molecule has 1 atom stereocenters. The van der Waals surface area contributed by atoms with E-state index in [9.17, 15) is 4.79 Å². The summed E-state index contributed by atoms with van der Waals surface area (Å²) in [6, 6.07) is 14.9. The van der Waals surface area contributed by atoms with Crippen molar-refractivity contribution in [2.24, 2.45) is 0 Å². The third-order valence-electron chi connectivity index (χ3n) is 3.50. The van der Waals surface area contributed by atoms with Gasteiger partial charge in [0, 0.05) is 12.2 Å². The fourth-order valence-corrected chi connectivity index (χ4v) is 2.27. The van der Waals surface area contributed by atoms with Crippen LogP contribution < -0.4 is 14.8 Å². The van der Waals surface area contributed by atoms with Crippen LogP contribution in [-0.2, 0) is 11.3 Å². The quantitative estimate of drug-likeness (QED) is 0.848. The molecule has 0 saturated heterocycles. The predicted molar refractivity (Wildman–Crippen MR) is 95.5 cm³/mol. The Morgan fingerprint density at radius 3 is 2.33 bits per heavy atom. The van der Waals surface area contributed by atoms with Crippen molar-refractivity contribution in [2.45, 2.75) is 19.6 Å². The maximum absolute atomic E-state index is 12.4. The summed E-state index contributed by atoms with van der Waals surface area (Å²) in [4.78, 5) is 14.5. The monoisotopic (exact) mass is 328 g/mol. The number of nitrogens with one attached hydrogen (secondary N) is 1. The molecule has 0 radical (unpaired) electrons. The van der Waals surface area contributed by atoms with E-state index in [0.717, 1.165) is 23.5 Å². The fraction of sp³-hybridized carbons (Fsp3) is 0.316. The Labute approximate surface area is 143 Å². The lowest BCUT2D eigenvalue weighted by atomic mass is 10.1. The van der Waals surface area contributed by atoms with E-state index in [1.807, 2.05) is 38.4 Å². The molecule has 0 aromatic heterocycles. The molecule has 0 heterocycles. The molecule has 0 aliphatic rings. The molecule has 0 aliphatic heterocycles. The van der Waals surface area contributed by atoms with E-state index in [1.54, 1.807) is 38.3 Å². The van der Waals surface area contributed by atoms with Gasteiger partial charge in [-0.05, 0) is 56.9 Å². The van der Waals surface area contributed by atoms with Crippen molar-refractivity contribution in [3.63, 3.8) is 0 Å². The van der Waals surface area contributed by atoms with E-state index in [4.69, 9.17) is 9.47 Å². The number of hydrogen-bond acceptors (Lipinski definition) is 4. The van der Waals surface area contributed by atoms with E-state index in [0.29, 0.717) is 5.75 Å². The van der Waals surface area contributed by atoms with Gasteiger partial charge in [0.1, 0.15) is 11.5 Å². The van der Waals surface area contributed by atoms with E-state index in [-0.39, 0.29) is 5.91 Å². The fourth-order valence-electron chi connectivity index (χ4n) is 2.27. The maximum Gasteiger partial charge on any atom is 0.265 e. The van der Waals surface area contributed by atoms with Gasteiger partial charge in [-0.15, -0.1) is 0 Å². The number of rotatable bonds is 7. The Balaban J connectivity index is 2.01. The van der Waals surface area contributed by atoms with Gasteiger partial charge in [-0.3, -0.25) is 4.79 Å². The highest BCUT2D eigenvalue weighted by Crippen LogP contribution is 2.20. The van der Waals surface area contributed by atoms with Gasteiger partial charge in [-0.2, -0.15) is 0 Å². The minimum Gasteiger partial charge on any atom is -0.497 e. The molecule has 5 nitrogen and oxygen atoms in total. The normalized spacial score (nSPS) is 11.9. The zero-order chi connectivity index (χ0) is 17.5. The second-order valence-corrected chi connectivity index (χ2v) is 5.82. The topological polar surface area (TPSA) is 50.8 Å². The Kier molecular flexibility index (Phi) is 6.21. The number of carbonyl (C=O) groups is 1. The molecular weight excluding hydrogens is 304 g/mol. The molecule has 0 bridgehead atoms. The summed E-state index contributed by atoms with van der Waals surface area (Å²) in [6.07, 6.45) is -0.606. The van der Waals surface area contributed by atoms with Crippen LogP contribution in [0.25, 0.3) is 0 Å². The summed E-state index contributed by atoms with van der Waals surface area (Å²) in [5, 5.41) is 2.94. The number of para-hydroxylation sites is 1. The molecule has 0 spiro atoms. The molecule has 0 fully saturated rings. The maximum atomic E-state index is 12.4. The lowest BCUT2D eigenvalue weighted by Gasteiger charge is -2.18. The first-order chi connectivity index (χ1) is 11.5. The molecule has 5 heteroatoms. The van der Waals surface area contributed by atoms with Crippen LogP contribution in [0.15, 0.2) is 48.5 Å². The number of amides is 1. The standard InChI is InChI=1S/C19H24N2O3/c1-14(24-17-11-9-16(23-4)10-12-17)19(22)20-18-8-6-5-7-15(18)13-21(2)3/h5-12,14H,13H2,1-4H3,(H,20,22). The summed E-state index contributed by atoms with van der Waals surface area (Å²) in [5.41, 5.74) is 1.87. The minimum atomic E-state index is -0.606. The number of benzene rings is 2. The van der Waals surface area contributed by atoms with Crippen molar-refractivity contribution < 1.29 is 14.3 Å². The van der Waals surface area contributed by atoms with Crippen LogP contribution in [0.3, 0.4) is 0 Å². The van der Waals surface area contributed by atoms with E-state index >= 15 is 0 Å². The van der Waals surface area contributed by atoms with Gasteiger partial charge < -0.3 is 19.7 Å². The van der Waals surface area contributed by atoms with Gasteiger partial charge >= 0.3 is 0 Å². The van der Waals surface area contributed by atoms with Crippen molar-refractivity contribution >= 4 is 11.6 Å². The molecule has 2 aromatic rings. The third kappa shape index (κ3) is 4.99. The minimum absolute atomic E-state index is 0.183. The average Bonchev–Trinajstić information content (AvgIpc) is 2.56. The zero-order valence-corrected chi connectivity index (χ0v) is 14.6. The highest BCUT2D eigenvalue weighted by Gasteiger charge is 2.16. The van der Waals surface area contributed by atoms with Crippen LogP contribution in [0, 0.1) is 0 Å². The van der Waals surface area contributed by atoms with Crippen molar-refractivity contribution in [1.29, 1.82) is 0 Å². The summed E-state index contributed by atoms with van der Waals surface area (Å²) < 4.78 is 10.8. The van der Waals surface area contributed by atoms with Crippen LogP contribution in [0.5, 0.6) is 11.5 Å². The molecule has 0 aliphatic carbocycles. The highest BCUT2D eigenvalue weighted by atomic mass is 16.5. The molecular formula is C19H24N2O3. The molecule has 1 unspecified atom stereocenters. The van der Waals surface area contributed by atoms with Crippen LogP contribution in [0.2, 0.25) is 0 Å². The Hall–Kier alpha value is -2.53. The van der Waals surface area contributed by atoms with Gasteiger partial charge in [-0.1, -0.05) is 18.2 Å².